The molecule has 11 nitrogen and oxygen atoms in total. The van der Waals surface area contributed by atoms with E-state index in [2.05, 4.69) is 4.84 Å². The largest absolute Gasteiger partial charge is 0.449 e. The Labute approximate surface area is 172 Å². The van der Waals surface area contributed by atoms with Crippen LogP contribution in [0.1, 0.15) is 19.8 Å². The number of unbranched alkanes of at least 4 members (excludes halogenated alkanes) is 1. The van der Waals surface area contributed by atoms with Gasteiger partial charge in [-0.15, -0.1) is 10.1 Å². The molecule has 2 rings (SSSR count). The summed E-state index contributed by atoms with van der Waals surface area (Å²) in [6.45, 7) is 2.37. The topological polar surface area (TPSA) is 145 Å². The Hall–Kier alpha value is -1.22. The first-order valence-electron chi connectivity index (χ1n) is 8.63. The third-order valence-electron chi connectivity index (χ3n) is 4.54. The summed E-state index contributed by atoms with van der Waals surface area (Å²) < 4.78 is 31.8. The molecule has 0 aromatic carbocycles. The summed E-state index contributed by atoms with van der Waals surface area (Å²) in [5.74, 6) is -0.377. The summed E-state index contributed by atoms with van der Waals surface area (Å²) in [6, 6.07) is -0.369. The van der Waals surface area contributed by atoms with E-state index in [-0.39, 0.29) is 31.7 Å². The summed E-state index contributed by atoms with van der Waals surface area (Å²) in [4.78, 5) is 28.4. The molecule has 14 heteroatoms. The fraction of sp³-hybridized carbons (Fsp3) is 0.786. The molecule has 0 aliphatic carbocycles. The molecule has 0 spiro atoms. The number of nitrogens with zero attached hydrogens (tertiary/aromatic N) is 3. The van der Waals surface area contributed by atoms with E-state index in [9.17, 15) is 23.3 Å². The Morgan fingerprint density at radius 3 is 2.79 bits per heavy atom. The summed E-state index contributed by atoms with van der Waals surface area (Å²) in [5.41, 5.74) is 0. The molecule has 2 aliphatic rings. The zero-order valence-electron chi connectivity index (χ0n) is 15.6. The maximum Gasteiger partial charge on any atom is 0.410 e. The van der Waals surface area contributed by atoms with Crippen molar-refractivity contribution in [2.24, 2.45) is 11.1 Å². The predicted molar refractivity (Wildman–Crippen MR) is 106 cm³/mol. The van der Waals surface area contributed by atoms with E-state index < -0.39 is 25.8 Å². The maximum atomic E-state index is 12.6. The Kier molecular flexibility index (Phi) is 8.24. The number of likely N-dealkylation sites (N-methyl/N-ethyl adjacent to an activating group) is 2. The number of fused-ring (bicyclic) bond motifs is 1. The number of nitrogens with two attached hydrogens (primary N) is 1. The van der Waals surface area contributed by atoms with Crippen molar-refractivity contribution in [2.45, 2.75) is 30.4 Å². The zero-order chi connectivity index (χ0) is 20.9. The molecule has 3 unspecified atom stereocenters. The Bertz CT molecular complexity index is 718. The molecule has 1 amide bonds. The number of thioether (sulfide) groups is 1. The lowest BCUT2D eigenvalue weighted by molar-refractivity contribution is -0.757. The highest BCUT2D eigenvalue weighted by Crippen LogP contribution is 2.48. The molecular weight excluding hydrogens is 432 g/mol. The van der Waals surface area contributed by atoms with Crippen LogP contribution in [0.5, 0.6) is 0 Å². The second-order valence-electron chi connectivity index (χ2n) is 6.22. The second kappa shape index (κ2) is 10.0. The van der Waals surface area contributed by atoms with Crippen molar-refractivity contribution in [3.05, 3.63) is 20.4 Å². The van der Waals surface area contributed by atoms with Crippen LogP contribution >= 0.6 is 23.7 Å². The van der Waals surface area contributed by atoms with Crippen LogP contribution in [0.15, 0.2) is 10.3 Å². The van der Waals surface area contributed by atoms with Crippen LogP contribution in [-0.4, -0.2) is 72.8 Å². The Balaban J connectivity index is 2.00. The minimum absolute atomic E-state index is 0.0569. The van der Waals surface area contributed by atoms with Crippen LogP contribution in [0.4, 0.5) is 4.79 Å². The standard InChI is InChI=1S/C14H24N4O7S3/c1-3-17(14(19)24-6-4-5-7-25-18(20)21)11-9-16(2)28(22,23)13-10(11)8-12(26-13)27-15/h8,10-11,13H,3-7,9,15H2,1-2H3. The lowest BCUT2D eigenvalue weighted by Gasteiger charge is -2.42. The fourth-order valence-corrected chi connectivity index (χ4v) is 7.59. The summed E-state index contributed by atoms with van der Waals surface area (Å²) in [5, 5.41) is 14.8. The highest BCUT2D eigenvalue weighted by Gasteiger charge is 2.51. The smallest absolute Gasteiger partial charge is 0.410 e. The van der Waals surface area contributed by atoms with Crippen molar-refractivity contribution in [1.82, 2.24) is 9.21 Å². The molecule has 28 heavy (non-hydrogen) atoms. The lowest BCUT2D eigenvalue weighted by atomic mass is 10.00. The van der Waals surface area contributed by atoms with Gasteiger partial charge < -0.3 is 14.5 Å². The Morgan fingerprint density at radius 2 is 2.18 bits per heavy atom. The van der Waals surface area contributed by atoms with E-state index in [1.54, 1.807) is 6.92 Å². The van der Waals surface area contributed by atoms with E-state index in [0.29, 0.717) is 23.6 Å². The number of sulfonamides is 1. The Morgan fingerprint density at radius 1 is 1.50 bits per heavy atom. The van der Waals surface area contributed by atoms with E-state index in [1.807, 2.05) is 6.08 Å². The summed E-state index contributed by atoms with van der Waals surface area (Å²) in [7, 11) is -1.99. The molecule has 0 aromatic rings. The third-order valence-corrected chi connectivity index (χ3v) is 9.34. The van der Waals surface area contributed by atoms with Gasteiger partial charge in [0.25, 0.3) is 5.09 Å². The van der Waals surface area contributed by atoms with Crippen LogP contribution in [0, 0.1) is 16.0 Å². The van der Waals surface area contributed by atoms with Gasteiger partial charge in [0.05, 0.1) is 23.5 Å². The average Bonchev–Trinajstić information content (AvgIpc) is 3.08. The molecule has 0 saturated carbocycles. The van der Waals surface area contributed by atoms with Gasteiger partial charge in [-0.3, -0.25) is 5.14 Å². The highest BCUT2D eigenvalue weighted by atomic mass is 32.3. The molecule has 0 radical (unpaired) electrons. The number of carbonyl (C=O) groups excluding carboxylic acids is 1. The number of hydrogen-bond acceptors (Lipinski definition) is 10. The van der Waals surface area contributed by atoms with Gasteiger partial charge in [0, 0.05) is 26.1 Å². The first-order chi connectivity index (χ1) is 13.2. The molecular formula is C14H24N4O7S3. The van der Waals surface area contributed by atoms with Crippen LogP contribution in [0.2, 0.25) is 0 Å². The van der Waals surface area contributed by atoms with Gasteiger partial charge >= 0.3 is 6.09 Å². The zero-order valence-corrected chi connectivity index (χ0v) is 18.0. The van der Waals surface area contributed by atoms with Crippen LogP contribution < -0.4 is 5.14 Å². The van der Waals surface area contributed by atoms with Gasteiger partial charge in [-0.25, -0.2) is 17.5 Å². The molecule has 160 valence electrons. The van der Waals surface area contributed by atoms with Crippen LogP contribution in [0.25, 0.3) is 0 Å². The molecule has 0 bridgehead atoms. The molecule has 1 fully saturated rings. The third kappa shape index (κ3) is 5.23. The molecule has 2 heterocycles. The van der Waals surface area contributed by atoms with Gasteiger partial charge in [0.1, 0.15) is 4.58 Å². The molecule has 2 N–H and O–H groups in total. The van der Waals surface area contributed by atoms with Crippen molar-refractivity contribution in [3.8, 4) is 0 Å². The second-order valence-corrected chi connectivity index (χ2v) is 10.8. The monoisotopic (exact) mass is 456 g/mol. The SMILES string of the molecule is CCN(C(=O)OCCCCO[N+](=O)[O-])C1CN(C)S(=O)(=O)C2SC(SN)=CC12. The normalized spacial score (nSPS) is 26.2. The van der Waals surface area contributed by atoms with Crippen molar-refractivity contribution in [2.75, 3.05) is 33.4 Å². The number of hydrogen-bond donors (Lipinski definition) is 1. The van der Waals surface area contributed by atoms with Crippen molar-refractivity contribution < 1.29 is 27.9 Å². The minimum atomic E-state index is -3.49. The number of rotatable bonds is 9. The molecule has 3 atom stereocenters. The summed E-state index contributed by atoms with van der Waals surface area (Å²) >= 11 is 2.20. The van der Waals surface area contributed by atoms with Crippen LogP contribution in [-0.2, 0) is 19.6 Å². The van der Waals surface area contributed by atoms with E-state index in [0.717, 1.165) is 11.9 Å². The average molecular weight is 457 g/mol. The van der Waals surface area contributed by atoms with Crippen molar-refractivity contribution in [3.63, 3.8) is 0 Å². The van der Waals surface area contributed by atoms with Gasteiger partial charge in [-0.1, -0.05) is 17.8 Å². The molecule has 1 saturated heterocycles. The molecule has 0 aromatic heterocycles. The van der Waals surface area contributed by atoms with Gasteiger partial charge in [0.15, 0.2) is 0 Å². The first-order valence-corrected chi connectivity index (χ1v) is 11.9. The maximum absolute atomic E-state index is 12.6. The lowest BCUT2D eigenvalue weighted by Crippen LogP contribution is -2.58. The van der Waals surface area contributed by atoms with Gasteiger partial charge in [0.2, 0.25) is 10.0 Å². The molecule has 2 aliphatic heterocycles. The van der Waals surface area contributed by atoms with Crippen molar-refractivity contribution in [1.29, 1.82) is 0 Å². The first kappa shape index (κ1) is 23.1. The van der Waals surface area contributed by atoms with E-state index >= 15 is 0 Å². The van der Waals surface area contributed by atoms with Crippen LogP contribution in [0.3, 0.4) is 0 Å². The highest BCUT2D eigenvalue weighted by molar-refractivity contribution is 8.26. The minimum Gasteiger partial charge on any atom is -0.449 e. The van der Waals surface area contributed by atoms with Gasteiger partial charge in [-0.05, 0) is 31.7 Å². The van der Waals surface area contributed by atoms with E-state index in [4.69, 9.17) is 9.88 Å². The quantitative estimate of drug-likeness (QED) is 0.232. The van der Waals surface area contributed by atoms with Gasteiger partial charge in [-0.2, -0.15) is 0 Å². The number of amides is 1. The summed E-state index contributed by atoms with van der Waals surface area (Å²) in [6.07, 6.45) is 2.08. The number of carbonyl (C=O) groups is 1. The predicted octanol–water partition coefficient (Wildman–Crippen LogP) is 1.21. The van der Waals surface area contributed by atoms with E-state index in [1.165, 1.54) is 28.0 Å². The fourth-order valence-electron chi connectivity index (χ4n) is 3.14. The number of ether oxygens (including phenoxy) is 1. The van der Waals surface area contributed by atoms with Crippen molar-refractivity contribution >= 4 is 39.8 Å².